The highest BCUT2D eigenvalue weighted by Gasteiger charge is 2.23. The molecule has 8 heteroatoms. The second-order valence-corrected chi connectivity index (χ2v) is 6.65. The van der Waals surface area contributed by atoms with E-state index in [9.17, 15) is 14.4 Å². The third kappa shape index (κ3) is 4.43. The minimum absolute atomic E-state index is 0.0264. The van der Waals surface area contributed by atoms with Crippen molar-refractivity contribution in [2.24, 2.45) is 0 Å². The molecule has 1 fully saturated rings. The minimum Gasteiger partial charge on any atom is -0.341 e. The molecule has 1 aliphatic heterocycles. The number of rotatable bonds is 4. The van der Waals surface area contributed by atoms with Crippen molar-refractivity contribution in [2.75, 3.05) is 16.8 Å². The van der Waals surface area contributed by atoms with Crippen LogP contribution < -0.4 is 15.5 Å². The van der Waals surface area contributed by atoms with E-state index in [0.29, 0.717) is 18.7 Å². The van der Waals surface area contributed by atoms with E-state index < -0.39 is 11.8 Å². The van der Waals surface area contributed by atoms with Crippen LogP contribution in [-0.2, 0) is 14.4 Å². The van der Waals surface area contributed by atoms with E-state index in [1.54, 1.807) is 54.5 Å². The van der Waals surface area contributed by atoms with Gasteiger partial charge >= 0.3 is 11.8 Å². The quantitative estimate of drug-likeness (QED) is 0.790. The average Bonchev–Trinajstić information content (AvgIpc) is 3.10. The van der Waals surface area contributed by atoms with Gasteiger partial charge in [-0.25, -0.2) is 0 Å². The van der Waals surface area contributed by atoms with Gasteiger partial charge in [0.2, 0.25) is 5.91 Å². The van der Waals surface area contributed by atoms with Crippen LogP contribution >= 0.6 is 11.6 Å². The molecule has 3 amide bonds. The molecule has 1 aromatic heterocycles. The number of aromatic nitrogens is 1. The third-order valence-electron chi connectivity index (χ3n) is 4.34. The standard InChI is InChI=1S/C19H19ClN4O3/c1-12(13-6-8-21-9-7-13)22-18(26)19(27)23-16-11-14(4-5-15(16)20)24-10-2-3-17(24)25/h4-9,11-12H,2-3,10H2,1H3,(H,22,26)(H,23,27). The van der Waals surface area contributed by atoms with Crippen molar-refractivity contribution in [1.29, 1.82) is 0 Å². The zero-order chi connectivity index (χ0) is 19.4. The largest absolute Gasteiger partial charge is 0.341 e. The van der Waals surface area contributed by atoms with Gasteiger partial charge in [-0.2, -0.15) is 0 Å². The maximum atomic E-state index is 12.3. The fraction of sp³-hybridized carbons (Fsp3) is 0.263. The molecule has 0 aliphatic carbocycles. The van der Waals surface area contributed by atoms with Crippen LogP contribution in [-0.4, -0.2) is 29.3 Å². The van der Waals surface area contributed by atoms with Crippen LogP contribution in [0.25, 0.3) is 0 Å². The van der Waals surface area contributed by atoms with Crippen molar-refractivity contribution in [1.82, 2.24) is 10.3 Å². The summed E-state index contributed by atoms with van der Waals surface area (Å²) in [6, 6.07) is 8.08. The number of amides is 3. The summed E-state index contributed by atoms with van der Waals surface area (Å²) in [6.45, 7) is 2.39. The summed E-state index contributed by atoms with van der Waals surface area (Å²) in [6.07, 6.45) is 4.52. The minimum atomic E-state index is -0.831. The molecule has 0 radical (unpaired) electrons. The maximum absolute atomic E-state index is 12.3. The maximum Gasteiger partial charge on any atom is 0.313 e. The number of anilines is 2. The van der Waals surface area contributed by atoms with Crippen molar-refractivity contribution in [2.45, 2.75) is 25.8 Å². The summed E-state index contributed by atoms with van der Waals surface area (Å²) >= 11 is 6.13. The van der Waals surface area contributed by atoms with Crippen LogP contribution in [0.2, 0.25) is 5.02 Å². The molecule has 3 rings (SSSR count). The smallest absolute Gasteiger partial charge is 0.313 e. The van der Waals surface area contributed by atoms with Crippen LogP contribution in [0.5, 0.6) is 0 Å². The molecule has 7 nitrogen and oxygen atoms in total. The average molecular weight is 387 g/mol. The normalized spacial score (nSPS) is 14.7. The number of carbonyl (C=O) groups excluding carboxylic acids is 3. The summed E-state index contributed by atoms with van der Waals surface area (Å²) in [5.74, 6) is -1.58. The topological polar surface area (TPSA) is 91.4 Å². The molecule has 27 heavy (non-hydrogen) atoms. The van der Waals surface area contributed by atoms with E-state index in [1.165, 1.54) is 0 Å². The molecule has 2 heterocycles. The monoisotopic (exact) mass is 386 g/mol. The first-order valence-corrected chi connectivity index (χ1v) is 8.95. The molecule has 0 spiro atoms. The summed E-state index contributed by atoms with van der Waals surface area (Å²) in [5, 5.41) is 5.42. The van der Waals surface area contributed by atoms with Gasteiger partial charge in [0, 0.05) is 31.0 Å². The van der Waals surface area contributed by atoms with Crippen molar-refractivity contribution >= 4 is 40.7 Å². The van der Waals surface area contributed by atoms with Crippen LogP contribution in [0, 0.1) is 0 Å². The fourth-order valence-electron chi connectivity index (χ4n) is 2.87. The van der Waals surface area contributed by atoms with E-state index in [1.807, 2.05) is 0 Å². The Bertz CT molecular complexity index is 873. The first kappa shape index (κ1) is 18.8. The molecule has 1 aromatic carbocycles. The Morgan fingerprint density at radius 2 is 1.93 bits per heavy atom. The predicted octanol–water partition coefficient (Wildman–Crippen LogP) is 2.68. The van der Waals surface area contributed by atoms with Gasteiger partial charge in [0.05, 0.1) is 16.8 Å². The fourth-order valence-corrected chi connectivity index (χ4v) is 3.04. The molecular formula is C19H19ClN4O3. The number of nitrogens with one attached hydrogen (secondary N) is 2. The summed E-state index contributed by atoms with van der Waals surface area (Å²) < 4.78 is 0. The molecule has 1 atom stereocenters. The van der Waals surface area contributed by atoms with Gasteiger partial charge < -0.3 is 15.5 Å². The summed E-state index contributed by atoms with van der Waals surface area (Å²) in [7, 11) is 0. The van der Waals surface area contributed by atoms with E-state index in [2.05, 4.69) is 15.6 Å². The molecular weight excluding hydrogens is 368 g/mol. The van der Waals surface area contributed by atoms with Crippen LogP contribution in [0.1, 0.15) is 31.4 Å². The Morgan fingerprint density at radius 3 is 2.59 bits per heavy atom. The molecule has 1 saturated heterocycles. The van der Waals surface area contributed by atoms with Gasteiger partial charge in [0.1, 0.15) is 0 Å². The summed E-state index contributed by atoms with van der Waals surface area (Å²) in [4.78, 5) is 41.9. The van der Waals surface area contributed by atoms with Gasteiger partial charge in [-0.3, -0.25) is 19.4 Å². The Morgan fingerprint density at radius 1 is 1.19 bits per heavy atom. The van der Waals surface area contributed by atoms with Crippen LogP contribution in [0.15, 0.2) is 42.7 Å². The number of benzene rings is 1. The Kier molecular flexibility index (Phi) is 5.71. The van der Waals surface area contributed by atoms with E-state index in [-0.39, 0.29) is 22.7 Å². The lowest BCUT2D eigenvalue weighted by molar-refractivity contribution is -0.136. The molecule has 0 saturated carbocycles. The molecule has 140 valence electrons. The van der Waals surface area contributed by atoms with E-state index in [4.69, 9.17) is 11.6 Å². The SMILES string of the molecule is CC(NC(=O)C(=O)Nc1cc(N2CCCC2=O)ccc1Cl)c1ccncc1. The number of hydrogen-bond acceptors (Lipinski definition) is 4. The highest BCUT2D eigenvalue weighted by atomic mass is 35.5. The Hall–Kier alpha value is -2.93. The molecule has 0 bridgehead atoms. The van der Waals surface area contributed by atoms with E-state index >= 15 is 0 Å². The third-order valence-corrected chi connectivity index (χ3v) is 4.67. The number of nitrogens with zero attached hydrogens (tertiary/aromatic N) is 2. The molecule has 2 N–H and O–H groups in total. The highest BCUT2D eigenvalue weighted by Crippen LogP contribution is 2.30. The Labute approximate surface area is 161 Å². The van der Waals surface area contributed by atoms with Gasteiger partial charge in [0.25, 0.3) is 0 Å². The zero-order valence-electron chi connectivity index (χ0n) is 14.7. The van der Waals surface area contributed by atoms with Gasteiger partial charge in [0.15, 0.2) is 0 Å². The lowest BCUT2D eigenvalue weighted by Crippen LogP contribution is -2.37. The predicted molar refractivity (Wildman–Crippen MR) is 102 cm³/mol. The number of halogens is 1. The van der Waals surface area contributed by atoms with Crippen molar-refractivity contribution in [3.63, 3.8) is 0 Å². The second-order valence-electron chi connectivity index (χ2n) is 6.24. The lowest BCUT2D eigenvalue weighted by Gasteiger charge is -2.18. The zero-order valence-corrected chi connectivity index (χ0v) is 15.5. The first-order valence-electron chi connectivity index (χ1n) is 8.57. The first-order chi connectivity index (χ1) is 13.0. The van der Waals surface area contributed by atoms with Gasteiger partial charge in [-0.15, -0.1) is 0 Å². The summed E-state index contributed by atoms with van der Waals surface area (Å²) in [5.41, 5.74) is 1.76. The lowest BCUT2D eigenvalue weighted by atomic mass is 10.1. The number of pyridine rings is 1. The van der Waals surface area contributed by atoms with Crippen molar-refractivity contribution < 1.29 is 14.4 Å². The van der Waals surface area contributed by atoms with Crippen LogP contribution in [0.4, 0.5) is 11.4 Å². The van der Waals surface area contributed by atoms with Gasteiger partial charge in [-0.05, 0) is 49.2 Å². The van der Waals surface area contributed by atoms with Crippen molar-refractivity contribution in [3.05, 3.63) is 53.3 Å². The molecule has 1 aliphatic rings. The Balaban J connectivity index is 1.68. The highest BCUT2D eigenvalue weighted by molar-refractivity contribution is 6.41. The molecule has 1 unspecified atom stereocenters. The van der Waals surface area contributed by atoms with E-state index in [0.717, 1.165) is 12.0 Å². The number of hydrogen-bond donors (Lipinski definition) is 2. The number of carbonyl (C=O) groups is 3. The van der Waals surface area contributed by atoms with Crippen LogP contribution in [0.3, 0.4) is 0 Å². The molecule has 2 aromatic rings. The van der Waals surface area contributed by atoms with Crippen molar-refractivity contribution in [3.8, 4) is 0 Å². The second kappa shape index (κ2) is 8.18. The van der Waals surface area contributed by atoms with Gasteiger partial charge in [-0.1, -0.05) is 11.6 Å².